The Bertz CT molecular complexity index is 614. The molecule has 1 fully saturated rings. The van der Waals surface area contributed by atoms with Crippen molar-refractivity contribution in [2.75, 3.05) is 18.8 Å². The molecular weight excluding hydrogens is 286 g/mol. The maximum atomic E-state index is 11.8. The summed E-state index contributed by atoms with van der Waals surface area (Å²) < 4.78 is 25.2. The van der Waals surface area contributed by atoms with Crippen LogP contribution < -0.4 is 5.32 Å². The van der Waals surface area contributed by atoms with Crippen LogP contribution in [0.1, 0.15) is 30.9 Å². The SMILES string of the molecule is CCS(=O)(=O)N1CCC(NCc2cccc(C#N)c2)CC1. The highest BCUT2D eigenvalue weighted by Gasteiger charge is 2.26. The van der Waals surface area contributed by atoms with Gasteiger partial charge in [-0.1, -0.05) is 12.1 Å². The lowest BCUT2D eigenvalue weighted by atomic mass is 10.1. The van der Waals surface area contributed by atoms with E-state index in [1.807, 2.05) is 18.2 Å². The van der Waals surface area contributed by atoms with Crippen LogP contribution in [0.15, 0.2) is 24.3 Å². The first-order valence-corrected chi connectivity index (χ1v) is 8.86. The van der Waals surface area contributed by atoms with Crippen LogP contribution in [0.25, 0.3) is 0 Å². The summed E-state index contributed by atoms with van der Waals surface area (Å²) in [7, 11) is -3.05. The van der Waals surface area contributed by atoms with E-state index in [0.717, 1.165) is 18.4 Å². The maximum absolute atomic E-state index is 11.8. The Morgan fingerprint density at radius 2 is 2.10 bits per heavy atom. The second kappa shape index (κ2) is 7.03. The van der Waals surface area contributed by atoms with Gasteiger partial charge in [0.25, 0.3) is 0 Å². The summed E-state index contributed by atoms with van der Waals surface area (Å²) in [4.78, 5) is 0. The molecule has 21 heavy (non-hydrogen) atoms. The van der Waals surface area contributed by atoms with Crippen LogP contribution in [0.5, 0.6) is 0 Å². The van der Waals surface area contributed by atoms with Crippen LogP contribution in [0.3, 0.4) is 0 Å². The zero-order valence-electron chi connectivity index (χ0n) is 12.2. The minimum Gasteiger partial charge on any atom is -0.310 e. The highest BCUT2D eigenvalue weighted by atomic mass is 32.2. The number of hydrogen-bond acceptors (Lipinski definition) is 4. The van der Waals surface area contributed by atoms with Crippen molar-refractivity contribution < 1.29 is 8.42 Å². The van der Waals surface area contributed by atoms with E-state index >= 15 is 0 Å². The molecule has 6 heteroatoms. The molecule has 0 amide bonds. The van der Waals surface area contributed by atoms with E-state index in [4.69, 9.17) is 5.26 Å². The smallest absolute Gasteiger partial charge is 0.213 e. The molecule has 0 aromatic heterocycles. The van der Waals surface area contributed by atoms with E-state index in [1.54, 1.807) is 17.3 Å². The van der Waals surface area contributed by atoms with Gasteiger partial charge in [-0.15, -0.1) is 0 Å². The normalized spacial score (nSPS) is 17.5. The van der Waals surface area contributed by atoms with Gasteiger partial charge < -0.3 is 5.32 Å². The van der Waals surface area contributed by atoms with Crippen LogP contribution in [0, 0.1) is 11.3 Å². The largest absolute Gasteiger partial charge is 0.310 e. The first-order valence-electron chi connectivity index (χ1n) is 7.25. The molecule has 2 rings (SSSR count). The van der Waals surface area contributed by atoms with E-state index in [0.29, 0.717) is 31.2 Å². The predicted molar refractivity (Wildman–Crippen MR) is 82.1 cm³/mol. The summed E-state index contributed by atoms with van der Waals surface area (Å²) >= 11 is 0. The molecule has 1 N–H and O–H groups in total. The Kier molecular flexibility index (Phi) is 5.34. The topological polar surface area (TPSA) is 73.2 Å². The number of nitrogens with one attached hydrogen (secondary N) is 1. The second-order valence-electron chi connectivity index (χ2n) is 5.27. The summed E-state index contributed by atoms with van der Waals surface area (Å²) in [5.74, 6) is 0.173. The molecule has 1 aliphatic heterocycles. The van der Waals surface area contributed by atoms with E-state index in [2.05, 4.69) is 11.4 Å². The Balaban J connectivity index is 1.83. The summed E-state index contributed by atoms with van der Waals surface area (Å²) in [5.41, 5.74) is 1.75. The van der Waals surface area contributed by atoms with Crippen molar-refractivity contribution in [2.24, 2.45) is 0 Å². The van der Waals surface area contributed by atoms with Crippen molar-refractivity contribution in [3.8, 4) is 6.07 Å². The van der Waals surface area contributed by atoms with Crippen LogP contribution in [-0.2, 0) is 16.6 Å². The number of rotatable bonds is 5. The lowest BCUT2D eigenvalue weighted by Gasteiger charge is -2.31. The third kappa shape index (κ3) is 4.27. The van der Waals surface area contributed by atoms with Gasteiger partial charge in [-0.2, -0.15) is 5.26 Å². The Labute approximate surface area is 126 Å². The molecule has 0 saturated carbocycles. The van der Waals surface area contributed by atoms with E-state index in [1.165, 1.54) is 0 Å². The number of nitrogens with zero attached hydrogens (tertiary/aromatic N) is 2. The molecule has 1 saturated heterocycles. The van der Waals surface area contributed by atoms with Gasteiger partial charge in [-0.25, -0.2) is 12.7 Å². The fraction of sp³-hybridized carbons (Fsp3) is 0.533. The molecule has 0 radical (unpaired) electrons. The van der Waals surface area contributed by atoms with Gasteiger partial charge in [0.05, 0.1) is 17.4 Å². The van der Waals surface area contributed by atoms with Gasteiger partial charge >= 0.3 is 0 Å². The fourth-order valence-electron chi connectivity index (χ4n) is 2.53. The lowest BCUT2D eigenvalue weighted by Crippen LogP contribution is -2.45. The van der Waals surface area contributed by atoms with Crippen LogP contribution in [-0.4, -0.2) is 37.6 Å². The number of benzene rings is 1. The Morgan fingerprint density at radius 3 is 2.71 bits per heavy atom. The quantitative estimate of drug-likeness (QED) is 0.894. The van der Waals surface area contributed by atoms with Gasteiger partial charge in [0.15, 0.2) is 0 Å². The molecule has 0 atom stereocenters. The van der Waals surface area contributed by atoms with Gasteiger partial charge in [0.2, 0.25) is 10.0 Å². The van der Waals surface area contributed by atoms with Crippen LogP contribution >= 0.6 is 0 Å². The van der Waals surface area contributed by atoms with Crippen molar-refractivity contribution in [1.82, 2.24) is 9.62 Å². The number of sulfonamides is 1. The zero-order chi connectivity index (χ0) is 15.3. The number of hydrogen-bond donors (Lipinski definition) is 1. The monoisotopic (exact) mass is 307 g/mol. The van der Waals surface area contributed by atoms with Gasteiger partial charge in [-0.3, -0.25) is 0 Å². The van der Waals surface area contributed by atoms with Gasteiger partial charge in [0.1, 0.15) is 0 Å². The second-order valence-corrected chi connectivity index (χ2v) is 7.52. The molecule has 0 unspecified atom stereocenters. The minimum atomic E-state index is -3.05. The van der Waals surface area contributed by atoms with Crippen molar-refractivity contribution in [1.29, 1.82) is 5.26 Å². The highest BCUT2D eigenvalue weighted by Crippen LogP contribution is 2.15. The Morgan fingerprint density at radius 1 is 1.38 bits per heavy atom. The predicted octanol–water partition coefficient (Wildman–Crippen LogP) is 1.46. The molecule has 0 aliphatic carbocycles. The van der Waals surface area contributed by atoms with Crippen molar-refractivity contribution >= 4 is 10.0 Å². The molecule has 114 valence electrons. The molecule has 1 aromatic carbocycles. The minimum absolute atomic E-state index is 0.173. The van der Waals surface area contributed by atoms with Crippen molar-refractivity contribution in [3.63, 3.8) is 0 Å². The van der Waals surface area contributed by atoms with Gasteiger partial charge in [-0.05, 0) is 37.5 Å². The zero-order valence-corrected chi connectivity index (χ0v) is 13.1. The third-order valence-electron chi connectivity index (χ3n) is 3.86. The van der Waals surface area contributed by atoms with Gasteiger partial charge in [0, 0.05) is 25.7 Å². The lowest BCUT2D eigenvalue weighted by molar-refractivity contribution is 0.289. The molecule has 0 spiro atoms. The third-order valence-corrected chi connectivity index (χ3v) is 5.74. The Hall–Kier alpha value is -1.42. The molecule has 1 aromatic rings. The van der Waals surface area contributed by atoms with Crippen molar-refractivity contribution in [3.05, 3.63) is 35.4 Å². The number of piperidine rings is 1. The average molecular weight is 307 g/mol. The molecule has 1 heterocycles. The summed E-state index contributed by atoms with van der Waals surface area (Å²) in [6.45, 7) is 3.57. The average Bonchev–Trinajstić information content (AvgIpc) is 2.53. The summed E-state index contributed by atoms with van der Waals surface area (Å²) in [6.07, 6.45) is 1.66. The summed E-state index contributed by atoms with van der Waals surface area (Å²) in [6, 6.07) is 10.0. The standard InChI is InChI=1S/C15H21N3O2S/c1-2-21(19,20)18-8-6-15(7-9-18)17-12-14-5-3-4-13(10-14)11-16/h3-5,10,15,17H,2,6-9,12H2,1H3. The highest BCUT2D eigenvalue weighted by molar-refractivity contribution is 7.89. The van der Waals surface area contributed by atoms with E-state index < -0.39 is 10.0 Å². The first-order chi connectivity index (χ1) is 10.0. The van der Waals surface area contributed by atoms with E-state index in [9.17, 15) is 8.42 Å². The molecule has 1 aliphatic rings. The molecular formula is C15H21N3O2S. The van der Waals surface area contributed by atoms with Crippen LogP contribution in [0.2, 0.25) is 0 Å². The fourth-order valence-corrected chi connectivity index (χ4v) is 3.67. The number of nitriles is 1. The summed E-state index contributed by atoms with van der Waals surface area (Å²) in [5, 5.41) is 12.3. The molecule has 0 bridgehead atoms. The maximum Gasteiger partial charge on any atom is 0.213 e. The first kappa shape index (κ1) is 16.0. The van der Waals surface area contributed by atoms with Crippen molar-refractivity contribution in [2.45, 2.75) is 32.4 Å². The van der Waals surface area contributed by atoms with E-state index in [-0.39, 0.29) is 5.75 Å². The molecule has 5 nitrogen and oxygen atoms in total. The van der Waals surface area contributed by atoms with Crippen LogP contribution in [0.4, 0.5) is 0 Å².